The van der Waals surface area contributed by atoms with Gasteiger partial charge in [-0.1, -0.05) is 31.9 Å². The highest BCUT2D eigenvalue weighted by Gasteiger charge is 2.28. The third-order valence-electron chi connectivity index (χ3n) is 4.50. The van der Waals surface area contributed by atoms with Crippen molar-refractivity contribution in [1.82, 2.24) is 14.6 Å². The maximum atomic E-state index is 13.7. The number of carbonyl (C=O) groups excluding carboxylic acids is 1. The number of hydrogen-bond acceptors (Lipinski definition) is 5. The Morgan fingerprint density at radius 1 is 1.07 bits per heavy atom. The van der Waals surface area contributed by atoms with E-state index in [1.54, 1.807) is 36.4 Å². The van der Waals surface area contributed by atoms with Gasteiger partial charge in [0.25, 0.3) is 5.91 Å². The van der Waals surface area contributed by atoms with Gasteiger partial charge in [0, 0.05) is 40.7 Å². The molecule has 11 heteroatoms. The molecule has 1 N–H and O–H groups in total. The molecule has 7 nitrogen and oxygen atoms in total. The number of hydrogen-bond donors (Lipinski definition) is 1. The summed E-state index contributed by atoms with van der Waals surface area (Å²) in [7, 11) is -3.56. The van der Waals surface area contributed by atoms with Crippen molar-refractivity contribution < 1.29 is 17.6 Å². The molecule has 30 heavy (non-hydrogen) atoms. The molecule has 0 aromatic heterocycles. The number of hydrazone groups is 1. The summed E-state index contributed by atoms with van der Waals surface area (Å²) in [5.74, 6) is -0.801. The van der Waals surface area contributed by atoms with Gasteiger partial charge in [0.2, 0.25) is 10.0 Å². The van der Waals surface area contributed by atoms with E-state index in [4.69, 9.17) is 0 Å². The molecule has 0 bridgehead atoms. The molecule has 2 aromatic rings. The third kappa shape index (κ3) is 5.94. The lowest BCUT2D eigenvalue weighted by molar-refractivity contribution is -0.122. The van der Waals surface area contributed by atoms with E-state index in [1.807, 2.05) is 4.90 Å². The summed E-state index contributed by atoms with van der Waals surface area (Å²) < 4.78 is 42.0. The van der Waals surface area contributed by atoms with Crippen LogP contribution in [0.15, 0.2) is 61.4 Å². The zero-order valence-corrected chi connectivity index (χ0v) is 19.8. The molecule has 1 aliphatic rings. The van der Waals surface area contributed by atoms with Crippen molar-refractivity contribution in [1.29, 1.82) is 0 Å². The van der Waals surface area contributed by atoms with Crippen molar-refractivity contribution >= 4 is 54.0 Å². The Labute approximate surface area is 191 Å². The van der Waals surface area contributed by atoms with E-state index >= 15 is 0 Å². The number of carbonyl (C=O) groups is 1. The molecule has 0 saturated carbocycles. The Bertz CT molecular complexity index is 1040. The average Bonchev–Trinajstić information content (AvgIpc) is 2.71. The Morgan fingerprint density at radius 3 is 2.37 bits per heavy atom. The van der Waals surface area contributed by atoms with Crippen LogP contribution in [0, 0.1) is 5.82 Å². The highest BCUT2D eigenvalue weighted by atomic mass is 79.9. The van der Waals surface area contributed by atoms with Gasteiger partial charge in [-0.2, -0.15) is 9.41 Å². The van der Waals surface area contributed by atoms with E-state index < -0.39 is 15.8 Å². The van der Waals surface area contributed by atoms with E-state index in [0.717, 1.165) is 4.47 Å². The zero-order chi connectivity index (χ0) is 21.7. The molecule has 1 aliphatic heterocycles. The molecular formula is C19H19Br2FN4O3S. The number of rotatable bonds is 6. The van der Waals surface area contributed by atoms with Crippen molar-refractivity contribution in [3.8, 4) is 0 Å². The van der Waals surface area contributed by atoms with Gasteiger partial charge in [0.05, 0.1) is 17.7 Å². The number of nitrogens with one attached hydrogen (secondary N) is 1. The topological polar surface area (TPSA) is 82.1 Å². The Hall–Kier alpha value is -1.66. The normalized spacial score (nSPS) is 16.1. The molecule has 1 amide bonds. The molecule has 0 spiro atoms. The van der Waals surface area contributed by atoms with Gasteiger partial charge in [-0.3, -0.25) is 9.69 Å². The number of amides is 1. The SMILES string of the molecule is O=C(CN1CCN(S(=O)(=O)c2ccc(Br)cc2)CC1)NN=Cc1cc(Br)ccc1F. The van der Waals surface area contributed by atoms with Gasteiger partial charge in [0.1, 0.15) is 5.82 Å². The van der Waals surface area contributed by atoms with Crippen molar-refractivity contribution in [3.05, 3.63) is 62.8 Å². The van der Waals surface area contributed by atoms with Gasteiger partial charge in [-0.25, -0.2) is 18.2 Å². The van der Waals surface area contributed by atoms with Gasteiger partial charge in [-0.05, 0) is 42.5 Å². The summed E-state index contributed by atoms with van der Waals surface area (Å²) in [6.07, 6.45) is 1.24. The summed E-state index contributed by atoms with van der Waals surface area (Å²) in [5, 5.41) is 3.79. The first-order valence-electron chi connectivity index (χ1n) is 9.01. The number of nitrogens with zero attached hydrogens (tertiary/aromatic N) is 3. The largest absolute Gasteiger partial charge is 0.292 e. The van der Waals surface area contributed by atoms with Gasteiger partial charge >= 0.3 is 0 Å². The van der Waals surface area contributed by atoms with Crippen molar-refractivity contribution in [3.63, 3.8) is 0 Å². The smallest absolute Gasteiger partial charge is 0.254 e. The molecule has 1 saturated heterocycles. The molecule has 1 heterocycles. The number of benzene rings is 2. The second kappa shape index (κ2) is 10.1. The van der Waals surface area contributed by atoms with Crippen LogP contribution in [-0.4, -0.2) is 62.5 Å². The molecule has 160 valence electrons. The summed E-state index contributed by atoms with van der Waals surface area (Å²) in [6, 6.07) is 10.9. The van der Waals surface area contributed by atoms with Crippen molar-refractivity contribution in [2.75, 3.05) is 32.7 Å². The molecular weight excluding hydrogens is 543 g/mol. The predicted octanol–water partition coefficient (Wildman–Crippen LogP) is 2.81. The third-order valence-corrected chi connectivity index (χ3v) is 7.44. The Morgan fingerprint density at radius 2 is 1.70 bits per heavy atom. The lowest BCUT2D eigenvalue weighted by atomic mass is 10.2. The first-order chi connectivity index (χ1) is 14.3. The highest BCUT2D eigenvalue weighted by molar-refractivity contribution is 9.10. The quantitative estimate of drug-likeness (QED) is 0.434. The molecule has 0 aliphatic carbocycles. The molecule has 0 atom stereocenters. The number of piperazine rings is 1. The second-order valence-electron chi connectivity index (χ2n) is 6.59. The predicted molar refractivity (Wildman–Crippen MR) is 119 cm³/mol. The maximum Gasteiger partial charge on any atom is 0.254 e. The number of halogens is 3. The molecule has 0 radical (unpaired) electrons. The van der Waals surface area contributed by atoms with Crippen LogP contribution in [0.1, 0.15) is 5.56 Å². The van der Waals surface area contributed by atoms with Crippen LogP contribution in [-0.2, 0) is 14.8 Å². The molecule has 2 aromatic carbocycles. The lowest BCUT2D eigenvalue weighted by Gasteiger charge is -2.33. The highest BCUT2D eigenvalue weighted by Crippen LogP contribution is 2.20. The Kier molecular flexibility index (Phi) is 7.75. The number of sulfonamides is 1. The summed E-state index contributed by atoms with van der Waals surface area (Å²) in [5.41, 5.74) is 2.61. The lowest BCUT2D eigenvalue weighted by Crippen LogP contribution is -2.50. The van der Waals surface area contributed by atoms with Crippen molar-refractivity contribution in [2.45, 2.75) is 4.90 Å². The van der Waals surface area contributed by atoms with Crippen molar-refractivity contribution in [2.24, 2.45) is 5.10 Å². The minimum absolute atomic E-state index is 0.0739. The summed E-state index contributed by atoms with van der Waals surface area (Å²) in [6.45, 7) is 1.50. The van der Waals surface area contributed by atoms with Crippen LogP contribution >= 0.6 is 31.9 Å². The van der Waals surface area contributed by atoms with Crippen LogP contribution in [0.5, 0.6) is 0 Å². The van der Waals surface area contributed by atoms with Gasteiger partial charge < -0.3 is 0 Å². The first-order valence-corrected chi connectivity index (χ1v) is 12.0. The van der Waals surface area contributed by atoms with E-state index in [0.29, 0.717) is 17.6 Å². The fraction of sp³-hybridized carbons (Fsp3) is 0.263. The maximum absolute atomic E-state index is 13.7. The van der Waals surface area contributed by atoms with Crippen LogP contribution in [0.3, 0.4) is 0 Å². The fourth-order valence-electron chi connectivity index (χ4n) is 2.91. The minimum Gasteiger partial charge on any atom is -0.292 e. The van der Waals surface area contributed by atoms with Crippen LogP contribution in [0.2, 0.25) is 0 Å². The van der Waals surface area contributed by atoms with Gasteiger partial charge in [-0.15, -0.1) is 0 Å². The van der Waals surface area contributed by atoms with Gasteiger partial charge in [0.15, 0.2) is 0 Å². The zero-order valence-electron chi connectivity index (χ0n) is 15.8. The van der Waals surface area contributed by atoms with E-state index in [1.165, 1.54) is 16.6 Å². The summed E-state index contributed by atoms with van der Waals surface area (Å²) >= 11 is 6.54. The minimum atomic E-state index is -3.56. The molecule has 1 fully saturated rings. The molecule has 0 unspecified atom stereocenters. The summed E-state index contributed by atoms with van der Waals surface area (Å²) in [4.78, 5) is 14.2. The van der Waals surface area contributed by atoms with Crippen LogP contribution in [0.4, 0.5) is 4.39 Å². The Balaban J connectivity index is 1.49. The first kappa shape index (κ1) is 23.0. The fourth-order valence-corrected chi connectivity index (χ4v) is 4.97. The van der Waals surface area contributed by atoms with E-state index in [2.05, 4.69) is 42.4 Å². The van der Waals surface area contributed by atoms with E-state index in [9.17, 15) is 17.6 Å². The monoisotopic (exact) mass is 560 g/mol. The molecule has 3 rings (SSSR count). The van der Waals surface area contributed by atoms with Crippen LogP contribution < -0.4 is 5.43 Å². The standard InChI is InChI=1S/C19H19Br2FN4O3S/c20-15-1-4-17(5-2-15)30(28,29)26-9-7-25(8-10-26)13-19(27)24-23-12-14-11-16(21)3-6-18(14)22/h1-6,11-12H,7-10,13H2,(H,24,27). The van der Waals surface area contributed by atoms with Crippen LogP contribution in [0.25, 0.3) is 0 Å². The second-order valence-corrected chi connectivity index (χ2v) is 10.4. The van der Waals surface area contributed by atoms with E-state index in [-0.39, 0.29) is 36.0 Å². The average molecular weight is 562 g/mol.